The molecule has 3 rings (SSSR count). The van der Waals surface area contributed by atoms with Crippen LogP contribution in [0.25, 0.3) is 0 Å². The Balaban J connectivity index is 1.88. The number of anilines is 1. The van der Waals surface area contributed by atoms with Crippen molar-refractivity contribution in [2.45, 2.75) is 19.6 Å². The van der Waals surface area contributed by atoms with Gasteiger partial charge in [-0.1, -0.05) is 42.5 Å². The minimum Gasteiger partial charge on any atom is -0.322 e. The zero-order valence-corrected chi connectivity index (χ0v) is 17.5. The van der Waals surface area contributed by atoms with Gasteiger partial charge in [0, 0.05) is 16.8 Å². The van der Waals surface area contributed by atoms with E-state index < -0.39 is 15.9 Å². The number of rotatable bonds is 6. The van der Waals surface area contributed by atoms with Crippen molar-refractivity contribution in [3.8, 4) is 0 Å². The minimum absolute atomic E-state index is 0.234. The smallest absolute Gasteiger partial charge is 0.256 e. The lowest BCUT2D eigenvalue weighted by atomic mass is 9.95. The zero-order chi connectivity index (χ0) is 21.9. The summed E-state index contributed by atoms with van der Waals surface area (Å²) in [6.45, 7) is 3.90. The van der Waals surface area contributed by atoms with Crippen LogP contribution in [-0.2, 0) is 15.8 Å². The number of hydrogen-bond donors (Lipinski definition) is 2. The van der Waals surface area contributed by atoms with Gasteiger partial charge in [0.15, 0.2) is 5.78 Å². The summed E-state index contributed by atoms with van der Waals surface area (Å²) in [7, 11) is -3.69. The van der Waals surface area contributed by atoms with Gasteiger partial charge in [0.2, 0.25) is 10.0 Å². The summed E-state index contributed by atoms with van der Waals surface area (Å²) < 4.78 is 22.6. The Morgan fingerprint density at radius 1 is 0.867 bits per heavy atom. The van der Waals surface area contributed by atoms with E-state index in [9.17, 15) is 18.0 Å². The Morgan fingerprint density at radius 2 is 1.57 bits per heavy atom. The van der Waals surface area contributed by atoms with Crippen LogP contribution >= 0.6 is 0 Å². The molecule has 154 valence electrons. The molecule has 0 saturated carbocycles. The van der Waals surface area contributed by atoms with Crippen molar-refractivity contribution in [3.63, 3.8) is 0 Å². The third-order valence-corrected chi connectivity index (χ3v) is 5.47. The maximum absolute atomic E-state index is 13.0. The third kappa shape index (κ3) is 5.20. The largest absolute Gasteiger partial charge is 0.322 e. The van der Waals surface area contributed by atoms with Crippen molar-refractivity contribution in [2.24, 2.45) is 5.14 Å². The van der Waals surface area contributed by atoms with E-state index in [0.29, 0.717) is 22.4 Å². The van der Waals surface area contributed by atoms with E-state index in [2.05, 4.69) is 5.32 Å². The first kappa shape index (κ1) is 21.4. The number of nitrogens with two attached hydrogens (primary N) is 1. The molecule has 0 heterocycles. The van der Waals surface area contributed by atoms with Crippen LogP contribution in [0.5, 0.6) is 0 Å². The van der Waals surface area contributed by atoms with E-state index in [-0.39, 0.29) is 17.1 Å². The molecule has 0 saturated heterocycles. The average Bonchev–Trinajstić information content (AvgIpc) is 2.68. The van der Waals surface area contributed by atoms with Gasteiger partial charge >= 0.3 is 0 Å². The van der Waals surface area contributed by atoms with Crippen LogP contribution in [0.4, 0.5) is 5.69 Å². The van der Waals surface area contributed by atoms with E-state index in [1.807, 2.05) is 26.0 Å². The molecule has 0 spiro atoms. The number of hydrogen-bond acceptors (Lipinski definition) is 4. The Morgan fingerprint density at radius 3 is 2.23 bits per heavy atom. The third-order valence-electron chi connectivity index (χ3n) is 4.74. The average molecular weight is 423 g/mol. The predicted octanol–water partition coefficient (Wildman–Crippen LogP) is 3.58. The fourth-order valence-corrected chi connectivity index (χ4v) is 3.73. The zero-order valence-electron chi connectivity index (χ0n) is 16.7. The summed E-state index contributed by atoms with van der Waals surface area (Å²) >= 11 is 0. The van der Waals surface area contributed by atoms with Gasteiger partial charge in [-0.2, -0.15) is 0 Å². The van der Waals surface area contributed by atoms with Crippen LogP contribution in [-0.4, -0.2) is 20.1 Å². The summed E-state index contributed by atoms with van der Waals surface area (Å²) in [4.78, 5) is 25.9. The number of carbonyl (C=O) groups is 2. The number of primary sulfonamides is 1. The maximum atomic E-state index is 13.0. The molecule has 0 fully saturated rings. The molecular weight excluding hydrogens is 400 g/mol. The normalized spacial score (nSPS) is 11.2. The van der Waals surface area contributed by atoms with Crippen molar-refractivity contribution in [2.75, 3.05) is 5.32 Å². The van der Waals surface area contributed by atoms with Crippen molar-refractivity contribution < 1.29 is 18.0 Å². The van der Waals surface area contributed by atoms with Gasteiger partial charge in [0.25, 0.3) is 5.91 Å². The molecule has 0 aliphatic heterocycles. The predicted molar refractivity (Wildman–Crippen MR) is 117 cm³/mol. The highest BCUT2D eigenvalue weighted by Gasteiger charge is 2.19. The number of benzene rings is 3. The molecule has 0 radical (unpaired) electrons. The highest BCUT2D eigenvalue weighted by molar-refractivity contribution is 7.88. The second kappa shape index (κ2) is 8.61. The molecule has 6 nitrogen and oxygen atoms in total. The molecule has 0 atom stereocenters. The lowest BCUT2D eigenvalue weighted by molar-refractivity contribution is 0.0996. The summed E-state index contributed by atoms with van der Waals surface area (Å²) in [6, 6.07) is 18.4. The number of aryl methyl sites for hydroxylation is 2. The molecule has 0 aromatic heterocycles. The number of sulfonamides is 1. The standard InChI is InChI=1S/C23H22N2O4S/c1-15-10-11-18(12-16(15)2)22(26)20-8-3-4-9-21(20)23(27)25-19-7-5-6-17(13-19)14-30(24,28)29/h3-13H,14H2,1-2H3,(H,25,27)(H2,24,28,29). The first-order valence-electron chi connectivity index (χ1n) is 9.26. The number of amides is 1. The second-order valence-corrected chi connectivity index (χ2v) is 8.75. The molecule has 1 amide bonds. The van der Waals surface area contributed by atoms with E-state index in [1.54, 1.807) is 48.5 Å². The van der Waals surface area contributed by atoms with Gasteiger partial charge in [-0.3, -0.25) is 9.59 Å². The topological polar surface area (TPSA) is 106 Å². The van der Waals surface area contributed by atoms with Crippen LogP contribution in [0, 0.1) is 13.8 Å². The van der Waals surface area contributed by atoms with E-state index in [4.69, 9.17) is 5.14 Å². The van der Waals surface area contributed by atoms with Crippen molar-refractivity contribution in [1.29, 1.82) is 0 Å². The molecule has 7 heteroatoms. The van der Waals surface area contributed by atoms with Crippen LogP contribution in [0.1, 0.15) is 43.0 Å². The number of carbonyl (C=O) groups excluding carboxylic acids is 2. The highest BCUT2D eigenvalue weighted by atomic mass is 32.2. The first-order valence-corrected chi connectivity index (χ1v) is 11.0. The summed E-state index contributed by atoms with van der Waals surface area (Å²) in [6.07, 6.45) is 0. The van der Waals surface area contributed by atoms with Gasteiger partial charge in [-0.05, 0) is 54.8 Å². The second-order valence-electron chi connectivity index (χ2n) is 7.14. The lowest BCUT2D eigenvalue weighted by Gasteiger charge is -2.11. The van der Waals surface area contributed by atoms with Crippen LogP contribution in [0.2, 0.25) is 0 Å². The van der Waals surface area contributed by atoms with Gasteiger partial charge in [0.1, 0.15) is 0 Å². The molecule has 0 bridgehead atoms. The first-order chi connectivity index (χ1) is 14.1. The number of ketones is 1. The lowest BCUT2D eigenvalue weighted by Crippen LogP contribution is -2.17. The van der Waals surface area contributed by atoms with Crippen LogP contribution in [0.3, 0.4) is 0 Å². The number of nitrogens with one attached hydrogen (secondary N) is 1. The van der Waals surface area contributed by atoms with Crippen molar-refractivity contribution in [3.05, 3.63) is 100 Å². The fourth-order valence-electron chi connectivity index (χ4n) is 3.09. The Labute approximate surface area is 175 Å². The maximum Gasteiger partial charge on any atom is 0.256 e. The Kier molecular flexibility index (Phi) is 6.14. The molecule has 3 N–H and O–H groups in total. The van der Waals surface area contributed by atoms with E-state index in [1.165, 1.54) is 6.07 Å². The van der Waals surface area contributed by atoms with Gasteiger partial charge < -0.3 is 5.32 Å². The fraction of sp³-hybridized carbons (Fsp3) is 0.130. The molecule has 0 unspecified atom stereocenters. The van der Waals surface area contributed by atoms with Crippen molar-refractivity contribution in [1.82, 2.24) is 0 Å². The molecule has 3 aromatic carbocycles. The quantitative estimate of drug-likeness (QED) is 0.592. The highest BCUT2D eigenvalue weighted by Crippen LogP contribution is 2.20. The SMILES string of the molecule is Cc1ccc(C(=O)c2ccccc2C(=O)Nc2cccc(CS(N)(=O)=O)c2)cc1C. The van der Waals surface area contributed by atoms with Gasteiger partial charge in [-0.15, -0.1) is 0 Å². The molecule has 30 heavy (non-hydrogen) atoms. The molecule has 0 aliphatic carbocycles. The van der Waals surface area contributed by atoms with Crippen molar-refractivity contribution >= 4 is 27.4 Å². The summed E-state index contributed by atoms with van der Waals surface area (Å²) in [5.74, 6) is -1.04. The van der Waals surface area contributed by atoms with E-state index >= 15 is 0 Å². The molecular formula is C23H22N2O4S. The monoisotopic (exact) mass is 422 g/mol. The van der Waals surface area contributed by atoms with Gasteiger partial charge in [0.05, 0.1) is 11.3 Å². The van der Waals surface area contributed by atoms with Gasteiger partial charge in [-0.25, -0.2) is 13.6 Å². The molecule has 3 aromatic rings. The summed E-state index contributed by atoms with van der Waals surface area (Å²) in [5, 5.41) is 7.81. The van der Waals surface area contributed by atoms with Crippen LogP contribution < -0.4 is 10.5 Å². The minimum atomic E-state index is -3.69. The Bertz CT molecular complexity index is 1230. The summed E-state index contributed by atoms with van der Waals surface area (Å²) in [5.41, 5.74) is 3.97. The molecule has 0 aliphatic rings. The Hall–Kier alpha value is -3.29. The van der Waals surface area contributed by atoms with E-state index in [0.717, 1.165) is 11.1 Å². The van der Waals surface area contributed by atoms with Crippen LogP contribution in [0.15, 0.2) is 66.7 Å².